The fourth-order valence-electron chi connectivity index (χ4n) is 3.51. The molecule has 0 spiro atoms. The molecule has 0 aliphatic carbocycles. The van der Waals surface area contributed by atoms with Crippen molar-refractivity contribution in [3.05, 3.63) is 75.3 Å². The first-order valence-corrected chi connectivity index (χ1v) is 9.17. The molecule has 0 aromatic heterocycles. The number of amides is 1. The SMILES string of the molecule is CC(C)(CNC(=O)Cc1ccccc1[N+](=O)[O-])N1CCc2ccccc2C1. The number of nitrogens with zero attached hydrogens (tertiary/aromatic N) is 2. The predicted octanol–water partition coefficient (Wildman–Crippen LogP) is 3.09. The highest BCUT2D eigenvalue weighted by atomic mass is 16.6. The van der Waals surface area contributed by atoms with Crippen molar-refractivity contribution in [2.24, 2.45) is 0 Å². The van der Waals surface area contributed by atoms with E-state index < -0.39 is 4.92 Å². The van der Waals surface area contributed by atoms with E-state index in [9.17, 15) is 14.9 Å². The number of nitro benzene ring substituents is 1. The van der Waals surface area contributed by atoms with Gasteiger partial charge in [-0.15, -0.1) is 0 Å². The topological polar surface area (TPSA) is 75.5 Å². The zero-order chi connectivity index (χ0) is 19.4. The van der Waals surface area contributed by atoms with Crippen LogP contribution >= 0.6 is 0 Å². The maximum atomic E-state index is 12.4. The molecule has 1 heterocycles. The van der Waals surface area contributed by atoms with Gasteiger partial charge in [-0.3, -0.25) is 19.8 Å². The van der Waals surface area contributed by atoms with Crippen LogP contribution in [0.3, 0.4) is 0 Å². The minimum Gasteiger partial charge on any atom is -0.354 e. The monoisotopic (exact) mass is 367 g/mol. The molecule has 1 amide bonds. The summed E-state index contributed by atoms with van der Waals surface area (Å²) in [5.41, 5.74) is 2.95. The number of hydrogen-bond acceptors (Lipinski definition) is 4. The largest absolute Gasteiger partial charge is 0.354 e. The van der Waals surface area contributed by atoms with Crippen LogP contribution < -0.4 is 5.32 Å². The number of para-hydroxylation sites is 1. The number of nitro groups is 1. The van der Waals surface area contributed by atoms with Gasteiger partial charge in [-0.1, -0.05) is 42.5 Å². The van der Waals surface area contributed by atoms with Crippen molar-refractivity contribution in [1.29, 1.82) is 0 Å². The molecule has 0 unspecified atom stereocenters. The molecule has 0 bridgehead atoms. The van der Waals surface area contributed by atoms with Gasteiger partial charge in [-0.05, 0) is 31.4 Å². The van der Waals surface area contributed by atoms with Crippen molar-refractivity contribution in [3.63, 3.8) is 0 Å². The van der Waals surface area contributed by atoms with E-state index in [1.54, 1.807) is 18.2 Å². The van der Waals surface area contributed by atoms with Crippen LogP contribution in [0.1, 0.15) is 30.5 Å². The van der Waals surface area contributed by atoms with Crippen LogP contribution in [0.15, 0.2) is 48.5 Å². The smallest absolute Gasteiger partial charge is 0.273 e. The van der Waals surface area contributed by atoms with E-state index in [0.29, 0.717) is 12.1 Å². The lowest BCUT2D eigenvalue weighted by atomic mass is 9.94. The third-order valence-electron chi connectivity index (χ3n) is 5.24. The van der Waals surface area contributed by atoms with Crippen molar-refractivity contribution < 1.29 is 9.72 Å². The summed E-state index contributed by atoms with van der Waals surface area (Å²) < 4.78 is 0. The Kier molecular flexibility index (Phi) is 5.56. The second-order valence-corrected chi connectivity index (χ2v) is 7.59. The standard InChI is InChI=1S/C21H25N3O3/c1-21(2,23-12-11-16-7-3-4-9-18(16)14-23)15-22-20(25)13-17-8-5-6-10-19(17)24(26)27/h3-10H,11-15H2,1-2H3,(H,22,25). The third kappa shape index (κ3) is 4.52. The Balaban J connectivity index is 1.59. The Morgan fingerprint density at radius 1 is 1.15 bits per heavy atom. The highest BCUT2D eigenvalue weighted by Crippen LogP contribution is 2.25. The maximum absolute atomic E-state index is 12.4. The molecule has 1 aliphatic heterocycles. The van der Waals surface area contributed by atoms with Gasteiger partial charge in [-0.2, -0.15) is 0 Å². The molecular formula is C21H25N3O3. The Morgan fingerprint density at radius 3 is 2.56 bits per heavy atom. The normalized spacial score (nSPS) is 14.4. The summed E-state index contributed by atoms with van der Waals surface area (Å²) in [6.07, 6.45) is 1.01. The first kappa shape index (κ1) is 19.0. The Morgan fingerprint density at radius 2 is 1.81 bits per heavy atom. The van der Waals surface area contributed by atoms with Gasteiger partial charge in [0, 0.05) is 36.8 Å². The van der Waals surface area contributed by atoms with Crippen molar-refractivity contribution in [1.82, 2.24) is 10.2 Å². The summed E-state index contributed by atoms with van der Waals surface area (Å²) in [4.78, 5) is 25.4. The predicted molar refractivity (Wildman–Crippen MR) is 104 cm³/mol. The number of rotatable bonds is 6. The second-order valence-electron chi connectivity index (χ2n) is 7.59. The molecule has 2 aromatic rings. The zero-order valence-corrected chi connectivity index (χ0v) is 15.8. The lowest BCUT2D eigenvalue weighted by Gasteiger charge is -2.41. The summed E-state index contributed by atoms with van der Waals surface area (Å²) >= 11 is 0. The van der Waals surface area contributed by atoms with Crippen LogP contribution in [0.25, 0.3) is 0 Å². The van der Waals surface area contributed by atoms with E-state index in [4.69, 9.17) is 0 Å². The van der Waals surface area contributed by atoms with Crippen LogP contribution in [-0.4, -0.2) is 34.4 Å². The first-order chi connectivity index (χ1) is 12.9. The molecule has 0 saturated carbocycles. The Hall–Kier alpha value is -2.73. The maximum Gasteiger partial charge on any atom is 0.273 e. The minimum absolute atomic E-state index is 0.00999. The van der Waals surface area contributed by atoms with Crippen LogP contribution in [0.4, 0.5) is 5.69 Å². The van der Waals surface area contributed by atoms with Crippen molar-refractivity contribution >= 4 is 11.6 Å². The lowest BCUT2D eigenvalue weighted by molar-refractivity contribution is -0.385. The van der Waals surface area contributed by atoms with Gasteiger partial charge < -0.3 is 5.32 Å². The number of hydrogen-bond donors (Lipinski definition) is 1. The summed E-state index contributed by atoms with van der Waals surface area (Å²) in [7, 11) is 0. The van der Waals surface area contributed by atoms with Gasteiger partial charge in [0.15, 0.2) is 0 Å². The van der Waals surface area contributed by atoms with Crippen LogP contribution in [0.2, 0.25) is 0 Å². The van der Waals surface area contributed by atoms with E-state index >= 15 is 0 Å². The van der Waals surface area contributed by atoms with E-state index in [-0.39, 0.29) is 23.6 Å². The molecule has 2 aromatic carbocycles. The molecule has 0 fully saturated rings. The molecule has 3 rings (SSSR count). The number of carbonyl (C=O) groups is 1. The van der Waals surface area contributed by atoms with Crippen LogP contribution in [0, 0.1) is 10.1 Å². The average molecular weight is 367 g/mol. The Labute approximate surface area is 159 Å². The second kappa shape index (κ2) is 7.88. The number of fused-ring (bicyclic) bond motifs is 1. The molecule has 0 saturated heterocycles. The summed E-state index contributed by atoms with van der Waals surface area (Å²) in [6.45, 7) is 6.54. The number of carbonyl (C=O) groups excluding carboxylic acids is 1. The van der Waals surface area contributed by atoms with E-state index in [0.717, 1.165) is 19.5 Å². The first-order valence-electron chi connectivity index (χ1n) is 9.17. The molecule has 27 heavy (non-hydrogen) atoms. The molecule has 6 heteroatoms. The lowest BCUT2D eigenvalue weighted by Crippen LogP contribution is -2.53. The van der Waals surface area contributed by atoms with Gasteiger partial charge in [0.25, 0.3) is 5.69 Å². The molecule has 1 aliphatic rings. The molecule has 142 valence electrons. The highest BCUT2D eigenvalue weighted by Gasteiger charge is 2.30. The quantitative estimate of drug-likeness (QED) is 0.629. The molecule has 0 radical (unpaired) electrons. The van der Waals surface area contributed by atoms with Crippen LogP contribution in [0.5, 0.6) is 0 Å². The fourth-order valence-corrected chi connectivity index (χ4v) is 3.51. The average Bonchev–Trinajstić information content (AvgIpc) is 2.66. The summed E-state index contributed by atoms with van der Waals surface area (Å²) in [5.74, 6) is -0.199. The summed E-state index contributed by atoms with van der Waals surface area (Å²) in [5, 5.41) is 14.1. The molecule has 1 N–H and O–H groups in total. The van der Waals surface area contributed by atoms with Gasteiger partial charge in [0.2, 0.25) is 5.91 Å². The van der Waals surface area contributed by atoms with Crippen molar-refractivity contribution in [2.75, 3.05) is 13.1 Å². The van der Waals surface area contributed by atoms with Crippen LogP contribution in [-0.2, 0) is 24.2 Å². The third-order valence-corrected chi connectivity index (χ3v) is 5.24. The van der Waals surface area contributed by atoms with E-state index in [2.05, 4.69) is 48.3 Å². The minimum atomic E-state index is -0.447. The molecule has 0 atom stereocenters. The van der Waals surface area contributed by atoms with Crippen molar-refractivity contribution in [3.8, 4) is 0 Å². The number of nitrogens with one attached hydrogen (secondary N) is 1. The van der Waals surface area contributed by atoms with Gasteiger partial charge >= 0.3 is 0 Å². The molecule has 6 nitrogen and oxygen atoms in total. The van der Waals surface area contributed by atoms with Crippen molar-refractivity contribution in [2.45, 2.75) is 38.8 Å². The van der Waals surface area contributed by atoms with Gasteiger partial charge in [0.05, 0.1) is 11.3 Å². The van der Waals surface area contributed by atoms with Gasteiger partial charge in [0.1, 0.15) is 0 Å². The summed E-state index contributed by atoms with van der Waals surface area (Å²) in [6, 6.07) is 14.8. The highest BCUT2D eigenvalue weighted by molar-refractivity contribution is 5.79. The van der Waals surface area contributed by atoms with Gasteiger partial charge in [-0.25, -0.2) is 0 Å². The van der Waals surface area contributed by atoms with E-state index in [1.807, 2.05) is 0 Å². The van der Waals surface area contributed by atoms with E-state index in [1.165, 1.54) is 17.2 Å². The number of benzene rings is 2. The Bertz CT molecular complexity index is 848. The molecular weight excluding hydrogens is 342 g/mol. The fraction of sp³-hybridized carbons (Fsp3) is 0.381. The zero-order valence-electron chi connectivity index (χ0n) is 15.8.